The Morgan fingerprint density at radius 1 is 1.19 bits per heavy atom. The summed E-state index contributed by atoms with van der Waals surface area (Å²) in [7, 11) is 0. The van der Waals surface area contributed by atoms with Crippen LogP contribution in [-0.4, -0.2) is 17.3 Å². The Morgan fingerprint density at radius 3 is 2.45 bits per heavy atom. The lowest BCUT2D eigenvalue weighted by Gasteiger charge is -2.29. The molecule has 1 atom stereocenters. The lowest BCUT2D eigenvalue weighted by atomic mass is 9.81. The number of nitrogens with one attached hydrogen (secondary N) is 1. The molecular formula is C23H17BrCl2N2O2S. The monoisotopic (exact) mass is 534 g/mol. The Balaban J connectivity index is 1.95. The van der Waals surface area contributed by atoms with Crippen LogP contribution in [0.4, 0.5) is 0 Å². The molecule has 0 bridgehead atoms. The molecular weight excluding hydrogens is 519 g/mol. The van der Waals surface area contributed by atoms with Crippen molar-refractivity contribution in [1.82, 2.24) is 5.32 Å². The number of carbonyl (C=O) groups is 2. The van der Waals surface area contributed by atoms with Crippen LogP contribution < -0.4 is 5.32 Å². The highest BCUT2D eigenvalue weighted by atomic mass is 79.9. The number of ketones is 2. The molecule has 1 N–H and O–H groups in total. The van der Waals surface area contributed by atoms with E-state index in [1.165, 1.54) is 24.8 Å². The van der Waals surface area contributed by atoms with Crippen molar-refractivity contribution >= 4 is 62.5 Å². The van der Waals surface area contributed by atoms with Crippen LogP contribution in [0.5, 0.6) is 0 Å². The number of benzene rings is 2. The van der Waals surface area contributed by atoms with Gasteiger partial charge in [-0.15, -0.1) is 0 Å². The summed E-state index contributed by atoms with van der Waals surface area (Å²) < 4.78 is 0.901. The normalized spacial score (nSPS) is 16.1. The minimum atomic E-state index is -0.506. The maximum Gasteiger partial charge on any atom is 0.174 e. The SMILES string of the molecule is CC(=O)C1=C(C)NC(SCC(=O)c2ccc(Cl)cc2Cl)=C(C#N)[C@H]1c1ccc(Br)cc1. The standard InChI is InChI=1S/C23H17BrCl2N2O2S/c1-12-21(13(2)29)22(14-3-5-15(24)6-4-14)18(10-27)23(28-12)31-11-20(30)17-8-7-16(25)9-19(17)26/h3-9,22,28H,11H2,1-2H3/t22-/m1/s1. The number of hydrogen-bond acceptors (Lipinski definition) is 5. The summed E-state index contributed by atoms with van der Waals surface area (Å²) in [6.45, 7) is 3.29. The van der Waals surface area contributed by atoms with Crippen LogP contribution in [0.25, 0.3) is 0 Å². The fourth-order valence-corrected chi connectivity index (χ4v) is 5.17. The van der Waals surface area contributed by atoms with Gasteiger partial charge in [0.25, 0.3) is 0 Å². The van der Waals surface area contributed by atoms with Crippen molar-refractivity contribution in [3.63, 3.8) is 0 Å². The van der Waals surface area contributed by atoms with Crippen molar-refractivity contribution in [2.45, 2.75) is 19.8 Å². The van der Waals surface area contributed by atoms with E-state index in [1.54, 1.807) is 19.1 Å². The van der Waals surface area contributed by atoms with Crippen molar-refractivity contribution in [3.8, 4) is 6.07 Å². The van der Waals surface area contributed by atoms with Crippen molar-refractivity contribution in [2.24, 2.45) is 0 Å². The van der Waals surface area contributed by atoms with E-state index < -0.39 is 5.92 Å². The fraction of sp³-hybridized carbons (Fsp3) is 0.174. The summed E-state index contributed by atoms with van der Waals surface area (Å²) in [5.74, 6) is -0.727. The number of allylic oxidation sites excluding steroid dienone is 3. The molecule has 31 heavy (non-hydrogen) atoms. The molecule has 1 heterocycles. The molecule has 0 unspecified atom stereocenters. The zero-order valence-electron chi connectivity index (χ0n) is 16.6. The molecule has 2 aromatic carbocycles. The van der Waals surface area contributed by atoms with Gasteiger partial charge < -0.3 is 5.32 Å². The molecule has 0 fully saturated rings. The Kier molecular flexibility index (Phi) is 7.66. The highest BCUT2D eigenvalue weighted by molar-refractivity contribution is 9.10. The van der Waals surface area contributed by atoms with Crippen molar-refractivity contribution < 1.29 is 9.59 Å². The highest BCUT2D eigenvalue weighted by Gasteiger charge is 2.33. The van der Waals surface area contributed by atoms with E-state index in [4.69, 9.17) is 23.2 Å². The first kappa shape index (κ1) is 23.6. The molecule has 1 aliphatic rings. The Morgan fingerprint density at radius 2 is 1.87 bits per heavy atom. The number of thioether (sulfide) groups is 1. The minimum Gasteiger partial charge on any atom is -0.353 e. The van der Waals surface area contributed by atoms with Gasteiger partial charge in [0.05, 0.1) is 33.4 Å². The predicted octanol–water partition coefficient (Wildman–Crippen LogP) is 6.66. The van der Waals surface area contributed by atoms with Crippen molar-refractivity contribution in [3.05, 3.63) is 90.0 Å². The molecule has 0 spiro atoms. The molecule has 0 saturated heterocycles. The van der Waals surface area contributed by atoms with Crippen LogP contribution >= 0.6 is 50.9 Å². The number of nitrogens with zero attached hydrogens (tertiary/aromatic N) is 1. The van der Waals surface area contributed by atoms with Gasteiger partial charge in [0, 0.05) is 26.3 Å². The first-order valence-electron chi connectivity index (χ1n) is 9.22. The predicted molar refractivity (Wildman–Crippen MR) is 129 cm³/mol. The average molecular weight is 536 g/mol. The first-order chi connectivity index (χ1) is 14.7. The summed E-state index contributed by atoms with van der Waals surface area (Å²) >= 11 is 16.7. The molecule has 3 rings (SSSR count). The van der Waals surface area contributed by atoms with Crippen LogP contribution in [0.2, 0.25) is 10.0 Å². The third-order valence-electron chi connectivity index (χ3n) is 4.81. The molecule has 8 heteroatoms. The van der Waals surface area contributed by atoms with E-state index in [-0.39, 0.29) is 22.3 Å². The largest absolute Gasteiger partial charge is 0.353 e. The van der Waals surface area contributed by atoms with E-state index in [2.05, 4.69) is 27.3 Å². The van der Waals surface area contributed by atoms with Gasteiger partial charge in [0.1, 0.15) is 0 Å². The highest BCUT2D eigenvalue weighted by Crippen LogP contribution is 2.41. The third kappa shape index (κ3) is 5.24. The number of carbonyl (C=O) groups excluding carboxylic acids is 2. The molecule has 0 aliphatic carbocycles. The number of Topliss-reactive ketones (excluding diaryl/α,β-unsaturated/α-hetero) is 2. The van der Waals surface area contributed by atoms with Gasteiger partial charge in [-0.25, -0.2) is 0 Å². The molecule has 0 amide bonds. The number of dihydropyridines is 1. The molecule has 158 valence electrons. The topological polar surface area (TPSA) is 70.0 Å². The summed E-state index contributed by atoms with van der Waals surface area (Å²) in [5, 5.41) is 14.4. The maximum absolute atomic E-state index is 12.7. The minimum absolute atomic E-state index is 0.0740. The third-order valence-corrected chi connectivity index (χ3v) is 6.90. The number of nitriles is 1. The quantitative estimate of drug-likeness (QED) is 0.419. The second-order valence-corrected chi connectivity index (χ2v) is 9.64. The van der Waals surface area contributed by atoms with Gasteiger partial charge in [0.2, 0.25) is 0 Å². The zero-order chi connectivity index (χ0) is 22.7. The van der Waals surface area contributed by atoms with E-state index >= 15 is 0 Å². The Hall–Kier alpha value is -2.04. The molecule has 2 aromatic rings. The smallest absolute Gasteiger partial charge is 0.174 e. The van der Waals surface area contributed by atoms with Gasteiger partial charge in [0.15, 0.2) is 11.6 Å². The number of rotatable bonds is 6. The van der Waals surface area contributed by atoms with E-state index in [1.807, 2.05) is 24.3 Å². The average Bonchev–Trinajstić information content (AvgIpc) is 2.71. The van der Waals surface area contributed by atoms with Gasteiger partial charge in [-0.2, -0.15) is 5.26 Å². The second kappa shape index (κ2) is 10.1. The summed E-state index contributed by atoms with van der Waals surface area (Å²) in [5.41, 5.74) is 2.80. The fourth-order valence-electron chi connectivity index (χ4n) is 3.41. The molecule has 1 aliphatic heterocycles. The lowest BCUT2D eigenvalue weighted by molar-refractivity contribution is -0.113. The van der Waals surface area contributed by atoms with Crippen LogP contribution in [-0.2, 0) is 4.79 Å². The number of halogens is 3. The van der Waals surface area contributed by atoms with Gasteiger partial charge in [-0.05, 0) is 49.7 Å². The van der Waals surface area contributed by atoms with Gasteiger partial charge >= 0.3 is 0 Å². The molecule has 0 radical (unpaired) electrons. The summed E-state index contributed by atoms with van der Waals surface area (Å²) in [6, 6.07) is 14.5. The van der Waals surface area contributed by atoms with E-state index in [0.717, 1.165) is 10.0 Å². The summed E-state index contributed by atoms with van der Waals surface area (Å²) in [6.07, 6.45) is 0. The lowest BCUT2D eigenvalue weighted by Crippen LogP contribution is -2.27. The second-order valence-electron chi connectivity index (χ2n) is 6.90. The van der Waals surface area contributed by atoms with Crippen LogP contribution in [0, 0.1) is 11.3 Å². The zero-order valence-corrected chi connectivity index (χ0v) is 20.5. The van der Waals surface area contributed by atoms with Gasteiger partial charge in [-0.3, -0.25) is 9.59 Å². The van der Waals surface area contributed by atoms with Crippen molar-refractivity contribution in [2.75, 3.05) is 5.75 Å². The first-order valence-corrected chi connectivity index (χ1v) is 11.8. The van der Waals surface area contributed by atoms with E-state index in [0.29, 0.717) is 32.5 Å². The summed E-state index contributed by atoms with van der Waals surface area (Å²) in [4.78, 5) is 25.1. The maximum atomic E-state index is 12.7. The van der Waals surface area contributed by atoms with Gasteiger partial charge in [-0.1, -0.05) is 63.0 Å². The van der Waals surface area contributed by atoms with Crippen LogP contribution in [0.3, 0.4) is 0 Å². The number of hydrogen-bond donors (Lipinski definition) is 1. The van der Waals surface area contributed by atoms with Crippen LogP contribution in [0.1, 0.15) is 35.7 Å². The van der Waals surface area contributed by atoms with Crippen LogP contribution in [0.15, 0.2) is 68.8 Å². The molecule has 0 saturated carbocycles. The van der Waals surface area contributed by atoms with E-state index in [9.17, 15) is 14.9 Å². The Labute approximate surface area is 203 Å². The van der Waals surface area contributed by atoms with Crippen molar-refractivity contribution in [1.29, 1.82) is 5.26 Å². The Bertz CT molecular complexity index is 1170. The molecule has 4 nitrogen and oxygen atoms in total. The molecule has 0 aromatic heterocycles.